The molecule has 4 nitrogen and oxygen atoms in total. The first-order chi connectivity index (χ1) is 9.50. The first-order valence-electron chi connectivity index (χ1n) is 6.60. The molecule has 104 valence electrons. The van der Waals surface area contributed by atoms with E-state index in [1.807, 2.05) is 12.1 Å². The number of benzene rings is 2. The van der Waals surface area contributed by atoms with Crippen LogP contribution >= 0.6 is 0 Å². The lowest BCUT2D eigenvalue weighted by atomic mass is 9.88. The molecule has 0 unspecified atom stereocenters. The lowest BCUT2D eigenvalue weighted by molar-refractivity contribution is -0.178. The fourth-order valence-corrected chi connectivity index (χ4v) is 2.79. The molecule has 0 aromatic heterocycles. The van der Waals surface area contributed by atoms with Gasteiger partial charge in [-0.15, -0.1) is 0 Å². The Kier molecular flexibility index (Phi) is 2.83. The van der Waals surface area contributed by atoms with Gasteiger partial charge in [0.25, 0.3) is 0 Å². The Hall–Kier alpha value is -2.20. The molecule has 0 saturated heterocycles. The maximum absolute atomic E-state index is 5.84. The second-order valence-electron chi connectivity index (χ2n) is 5.27. The van der Waals surface area contributed by atoms with E-state index < -0.39 is 0 Å². The minimum Gasteiger partial charge on any atom is -0.399 e. The minimum atomic E-state index is 0.620. The minimum absolute atomic E-state index is 0.620. The predicted octanol–water partition coefficient (Wildman–Crippen LogP) is 3.82. The smallest absolute Gasteiger partial charge is 0.177 e. The topological polar surface area (TPSA) is 56.5 Å². The highest BCUT2D eigenvalue weighted by Gasteiger charge is 2.21. The summed E-state index contributed by atoms with van der Waals surface area (Å²) in [6.45, 7) is 8.40. The van der Waals surface area contributed by atoms with Crippen LogP contribution in [-0.4, -0.2) is 0 Å². The third-order valence-electron chi connectivity index (χ3n) is 4.18. The van der Waals surface area contributed by atoms with Crippen molar-refractivity contribution < 1.29 is 9.88 Å². The van der Waals surface area contributed by atoms with Crippen LogP contribution in [0.15, 0.2) is 18.2 Å². The molecule has 4 rings (SSSR count). The number of fused-ring (bicyclic) bond motifs is 4. The Morgan fingerprint density at radius 3 is 2.25 bits per heavy atom. The van der Waals surface area contributed by atoms with Gasteiger partial charge in [0.15, 0.2) is 5.75 Å². The Balaban J connectivity index is 2.42. The Bertz CT molecular complexity index is 679. The van der Waals surface area contributed by atoms with E-state index in [1.165, 1.54) is 16.7 Å². The lowest BCUT2D eigenvalue weighted by Gasteiger charge is -2.18. The molecule has 2 bridgehead atoms. The maximum Gasteiger partial charge on any atom is 0.177 e. The molecule has 0 fully saturated rings. The van der Waals surface area contributed by atoms with Crippen molar-refractivity contribution in [2.24, 2.45) is 0 Å². The summed E-state index contributed by atoms with van der Waals surface area (Å²) in [6, 6.07) is 5.64. The van der Waals surface area contributed by atoms with Gasteiger partial charge in [-0.25, -0.2) is 5.48 Å². The van der Waals surface area contributed by atoms with Crippen LogP contribution in [0, 0.1) is 27.7 Å². The van der Waals surface area contributed by atoms with Crippen LogP contribution in [0.4, 0.5) is 11.4 Å². The zero-order chi connectivity index (χ0) is 14.4. The SMILES string of the molecule is Cc1c(C)c2c(C)c(C)c1NOOc1cc(N)ccc1-2. The average molecular weight is 270 g/mol. The molecule has 2 aliphatic heterocycles. The van der Waals surface area contributed by atoms with E-state index in [-0.39, 0.29) is 0 Å². The average Bonchev–Trinajstić information content (AvgIpc) is 2.49. The number of nitrogen functional groups attached to an aromatic ring is 1. The standard InChI is InChI=1S/C16H18N2O2/c1-8-10(3)16-11(4)9(2)15(8)13-6-5-12(17)7-14(13)19-20-18-16/h5-7,18H,17H2,1-4H3. The molecule has 2 aromatic carbocycles. The van der Waals surface area contributed by atoms with Crippen molar-refractivity contribution in [2.75, 3.05) is 11.2 Å². The van der Waals surface area contributed by atoms with E-state index in [4.69, 9.17) is 15.6 Å². The van der Waals surface area contributed by atoms with E-state index in [0.717, 1.165) is 22.4 Å². The van der Waals surface area contributed by atoms with Gasteiger partial charge in [-0.3, -0.25) is 0 Å². The molecule has 2 aliphatic rings. The summed E-state index contributed by atoms with van der Waals surface area (Å²) in [5.41, 5.74) is 17.3. The number of nitrogens with one attached hydrogen (secondary N) is 1. The number of anilines is 2. The van der Waals surface area contributed by atoms with Crippen molar-refractivity contribution in [3.8, 4) is 16.9 Å². The summed E-state index contributed by atoms with van der Waals surface area (Å²) in [5.74, 6) is 0.620. The monoisotopic (exact) mass is 270 g/mol. The zero-order valence-corrected chi connectivity index (χ0v) is 12.1. The van der Waals surface area contributed by atoms with Crippen LogP contribution in [0.1, 0.15) is 22.3 Å². The number of rotatable bonds is 0. The molecule has 20 heavy (non-hydrogen) atoms. The first-order valence-corrected chi connectivity index (χ1v) is 6.60. The third kappa shape index (κ3) is 1.72. The van der Waals surface area contributed by atoms with Crippen molar-refractivity contribution in [1.29, 1.82) is 0 Å². The fourth-order valence-electron chi connectivity index (χ4n) is 2.79. The third-order valence-corrected chi connectivity index (χ3v) is 4.18. The van der Waals surface area contributed by atoms with Gasteiger partial charge in [-0.1, -0.05) is 4.99 Å². The van der Waals surface area contributed by atoms with Crippen molar-refractivity contribution in [3.63, 3.8) is 0 Å². The Labute approximate surface area is 118 Å². The molecule has 0 atom stereocenters. The van der Waals surface area contributed by atoms with Crippen LogP contribution in [-0.2, 0) is 4.99 Å². The van der Waals surface area contributed by atoms with Gasteiger partial charge < -0.3 is 10.6 Å². The second-order valence-corrected chi connectivity index (χ2v) is 5.27. The molecule has 0 radical (unpaired) electrons. The van der Waals surface area contributed by atoms with Crippen LogP contribution in [0.2, 0.25) is 0 Å². The van der Waals surface area contributed by atoms with Crippen LogP contribution < -0.4 is 16.1 Å². The number of nitrogens with two attached hydrogens (primary N) is 1. The highest BCUT2D eigenvalue weighted by atomic mass is 17.3. The van der Waals surface area contributed by atoms with Gasteiger partial charge in [0.1, 0.15) is 0 Å². The van der Waals surface area contributed by atoms with Gasteiger partial charge in [0, 0.05) is 17.3 Å². The number of hydrogen-bond donors (Lipinski definition) is 2. The Morgan fingerprint density at radius 1 is 0.950 bits per heavy atom. The van der Waals surface area contributed by atoms with Gasteiger partial charge in [-0.2, -0.15) is 0 Å². The van der Waals surface area contributed by atoms with Crippen LogP contribution in [0.5, 0.6) is 5.75 Å². The van der Waals surface area contributed by atoms with E-state index in [0.29, 0.717) is 11.4 Å². The summed E-state index contributed by atoms with van der Waals surface area (Å²) in [6.07, 6.45) is 0. The predicted molar refractivity (Wildman–Crippen MR) is 80.6 cm³/mol. The zero-order valence-electron chi connectivity index (χ0n) is 12.1. The molecule has 0 amide bonds. The largest absolute Gasteiger partial charge is 0.399 e. The van der Waals surface area contributed by atoms with E-state index in [9.17, 15) is 0 Å². The van der Waals surface area contributed by atoms with Gasteiger partial charge in [0.05, 0.1) is 5.69 Å². The molecule has 4 heteroatoms. The maximum atomic E-state index is 5.84. The van der Waals surface area contributed by atoms with Gasteiger partial charge >= 0.3 is 0 Å². The quantitative estimate of drug-likeness (QED) is 0.564. The number of hydrogen-bond acceptors (Lipinski definition) is 4. The van der Waals surface area contributed by atoms with Crippen LogP contribution in [0.25, 0.3) is 11.1 Å². The highest BCUT2D eigenvalue weighted by molar-refractivity contribution is 5.83. The van der Waals surface area contributed by atoms with Gasteiger partial charge in [0.2, 0.25) is 0 Å². The molecule has 3 N–H and O–H groups in total. The van der Waals surface area contributed by atoms with Crippen molar-refractivity contribution in [2.45, 2.75) is 27.7 Å². The fraction of sp³-hybridized carbons (Fsp3) is 0.250. The summed E-state index contributed by atoms with van der Waals surface area (Å²) >= 11 is 0. The summed E-state index contributed by atoms with van der Waals surface area (Å²) < 4.78 is 0. The highest BCUT2D eigenvalue weighted by Crippen LogP contribution is 2.42. The Morgan fingerprint density at radius 2 is 1.60 bits per heavy atom. The van der Waals surface area contributed by atoms with Gasteiger partial charge in [-0.05, 0) is 67.6 Å². The summed E-state index contributed by atoms with van der Waals surface area (Å²) in [4.78, 5) is 10.6. The van der Waals surface area contributed by atoms with Crippen molar-refractivity contribution in [1.82, 2.24) is 0 Å². The lowest BCUT2D eigenvalue weighted by Crippen LogP contribution is -2.08. The molecule has 0 saturated carbocycles. The normalized spacial score (nSPS) is 12.8. The molecule has 0 aliphatic carbocycles. The van der Waals surface area contributed by atoms with E-state index >= 15 is 0 Å². The molecule has 0 spiro atoms. The van der Waals surface area contributed by atoms with Crippen molar-refractivity contribution >= 4 is 11.4 Å². The van der Waals surface area contributed by atoms with E-state index in [1.54, 1.807) is 6.07 Å². The molecular formula is C16H18N2O2. The molecule has 2 aromatic rings. The van der Waals surface area contributed by atoms with Crippen molar-refractivity contribution in [3.05, 3.63) is 40.5 Å². The summed E-state index contributed by atoms with van der Waals surface area (Å²) in [5, 5.41) is 0. The first kappa shape index (κ1) is 12.8. The van der Waals surface area contributed by atoms with Crippen LogP contribution in [0.3, 0.4) is 0 Å². The molecule has 2 heterocycles. The van der Waals surface area contributed by atoms with E-state index in [2.05, 4.69) is 33.2 Å². The summed E-state index contributed by atoms with van der Waals surface area (Å²) in [7, 11) is 0. The second kappa shape index (κ2) is 4.42. The molecular weight excluding hydrogens is 252 g/mol.